The Balaban J connectivity index is 1.44. The number of nitrogens with one attached hydrogen (secondary N) is 1. The molecule has 3 aromatic rings. The summed E-state index contributed by atoms with van der Waals surface area (Å²) in [5.74, 6) is 1.69. The fourth-order valence-electron chi connectivity index (χ4n) is 2.61. The maximum Gasteiger partial charge on any atom is 0.230 e. The van der Waals surface area contributed by atoms with Crippen LogP contribution in [-0.4, -0.2) is 33.0 Å². The summed E-state index contributed by atoms with van der Waals surface area (Å²) >= 11 is 1.39. The van der Waals surface area contributed by atoms with E-state index in [1.165, 1.54) is 17.3 Å². The van der Waals surface area contributed by atoms with Crippen LogP contribution in [0.3, 0.4) is 0 Å². The number of carbonyl (C=O) groups excluding carboxylic acids is 1. The molecular formula is C19H22N4O2S. The van der Waals surface area contributed by atoms with E-state index in [1.54, 1.807) is 6.26 Å². The summed E-state index contributed by atoms with van der Waals surface area (Å²) in [6.45, 7) is 3.40. The summed E-state index contributed by atoms with van der Waals surface area (Å²) in [4.78, 5) is 12.1. The summed E-state index contributed by atoms with van der Waals surface area (Å²) in [6.07, 6.45) is 3.50. The predicted molar refractivity (Wildman–Crippen MR) is 102 cm³/mol. The summed E-state index contributed by atoms with van der Waals surface area (Å²) < 4.78 is 7.34. The van der Waals surface area contributed by atoms with Gasteiger partial charge in [-0.3, -0.25) is 9.36 Å². The van der Waals surface area contributed by atoms with E-state index in [-0.39, 0.29) is 5.91 Å². The molecule has 1 aromatic carbocycles. The van der Waals surface area contributed by atoms with Crippen molar-refractivity contribution < 1.29 is 9.21 Å². The Labute approximate surface area is 157 Å². The number of nitrogens with zero attached hydrogens (tertiary/aromatic N) is 3. The predicted octanol–water partition coefficient (Wildman–Crippen LogP) is 3.40. The molecule has 6 nitrogen and oxygen atoms in total. The van der Waals surface area contributed by atoms with E-state index in [9.17, 15) is 4.79 Å². The first-order chi connectivity index (χ1) is 12.8. The first kappa shape index (κ1) is 18.3. The first-order valence-corrected chi connectivity index (χ1v) is 9.67. The lowest BCUT2D eigenvalue weighted by molar-refractivity contribution is -0.118. The van der Waals surface area contributed by atoms with Gasteiger partial charge in [-0.1, -0.05) is 42.1 Å². The second kappa shape index (κ2) is 9.24. The minimum Gasteiger partial charge on any atom is -0.461 e. The molecule has 2 aromatic heterocycles. The minimum absolute atomic E-state index is 0.00765. The van der Waals surface area contributed by atoms with Crippen LogP contribution in [0.4, 0.5) is 0 Å². The van der Waals surface area contributed by atoms with Gasteiger partial charge in [-0.2, -0.15) is 0 Å². The zero-order valence-electron chi connectivity index (χ0n) is 14.7. The Kier molecular flexibility index (Phi) is 6.49. The number of carbonyl (C=O) groups is 1. The van der Waals surface area contributed by atoms with E-state index in [4.69, 9.17) is 4.42 Å². The van der Waals surface area contributed by atoms with Crippen LogP contribution in [0.25, 0.3) is 11.6 Å². The molecule has 3 rings (SSSR count). The molecule has 0 aliphatic heterocycles. The van der Waals surface area contributed by atoms with E-state index in [0.29, 0.717) is 30.4 Å². The fraction of sp³-hybridized carbons (Fsp3) is 0.316. The van der Waals surface area contributed by atoms with E-state index >= 15 is 0 Å². The lowest BCUT2D eigenvalue weighted by Crippen LogP contribution is -2.26. The van der Waals surface area contributed by atoms with Gasteiger partial charge in [0.05, 0.1) is 12.0 Å². The Morgan fingerprint density at radius 1 is 1.19 bits per heavy atom. The maximum absolute atomic E-state index is 12.1. The molecule has 0 saturated carbocycles. The number of rotatable bonds is 9. The highest BCUT2D eigenvalue weighted by Gasteiger charge is 2.16. The molecular weight excluding hydrogens is 348 g/mol. The molecule has 1 N–H and O–H groups in total. The minimum atomic E-state index is 0.00765. The second-order valence-corrected chi connectivity index (χ2v) is 6.70. The fourth-order valence-corrected chi connectivity index (χ4v) is 3.45. The number of amides is 1. The Bertz CT molecular complexity index is 815. The van der Waals surface area contributed by atoms with Gasteiger partial charge in [0, 0.05) is 13.1 Å². The molecule has 0 radical (unpaired) electrons. The molecule has 0 spiro atoms. The number of aromatic nitrogens is 3. The van der Waals surface area contributed by atoms with Crippen molar-refractivity contribution in [2.75, 3.05) is 12.3 Å². The third-order valence-electron chi connectivity index (χ3n) is 3.91. The van der Waals surface area contributed by atoms with Crippen LogP contribution in [0, 0.1) is 0 Å². The zero-order chi connectivity index (χ0) is 18.2. The van der Waals surface area contributed by atoms with Gasteiger partial charge >= 0.3 is 0 Å². The molecule has 2 heterocycles. The number of aryl methyl sites for hydroxylation is 1. The van der Waals surface area contributed by atoms with Crippen LogP contribution < -0.4 is 5.32 Å². The molecule has 0 saturated heterocycles. The van der Waals surface area contributed by atoms with Crippen molar-refractivity contribution in [2.45, 2.75) is 31.5 Å². The molecule has 7 heteroatoms. The average Bonchev–Trinajstić information content (AvgIpc) is 3.33. The van der Waals surface area contributed by atoms with Crippen LogP contribution >= 0.6 is 11.8 Å². The van der Waals surface area contributed by atoms with Crippen molar-refractivity contribution in [3.05, 3.63) is 54.3 Å². The van der Waals surface area contributed by atoms with Gasteiger partial charge in [0.15, 0.2) is 16.7 Å². The number of hydrogen-bond acceptors (Lipinski definition) is 5. The van der Waals surface area contributed by atoms with E-state index in [2.05, 4.69) is 27.6 Å². The van der Waals surface area contributed by atoms with E-state index in [0.717, 1.165) is 18.0 Å². The van der Waals surface area contributed by atoms with E-state index < -0.39 is 0 Å². The summed E-state index contributed by atoms with van der Waals surface area (Å²) in [5.41, 5.74) is 1.29. The Morgan fingerprint density at radius 3 is 2.77 bits per heavy atom. The second-order valence-electron chi connectivity index (χ2n) is 5.76. The van der Waals surface area contributed by atoms with Gasteiger partial charge < -0.3 is 9.73 Å². The molecule has 1 amide bonds. The molecule has 0 aliphatic carbocycles. The van der Waals surface area contributed by atoms with Crippen LogP contribution in [0.5, 0.6) is 0 Å². The van der Waals surface area contributed by atoms with Crippen molar-refractivity contribution >= 4 is 17.7 Å². The van der Waals surface area contributed by atoms with Crippen LogP contribution in [0.15, 0.2) is 58.3 Å². The highest BCUT2D eigenvalue weighted by atomic mass is 32.2. The third kappa shape index (κ3) is 4.76. The smallest absolute Gasteiger partial charge is 0.230 e. The molecule has 0 atom stereocenters. The molecule has 26 heavy (non-hydrogen) atoms. The Hall–Kier alpha value is -2.54. The first-order valence-electron chi connectivity index (χ1n) is 8.68. The molecule has 0 fully saturated rings. The molecule has 136 valence electrons. The number of furan rings is 1. The normalized spacial score (nSPS) is 10.8. The zero-order valence-corrected chi connectivity index (χ0v) is 15.5. The highest BCUT2D eigenvalue weighted by molar-refractivity contribution is 7.99. The third-order valence-corrected chi connectivity index (χ3v) is 4.88. The van der Waals surface area contributed by atoms with E-state index in [1.807, 2.05) is 41.8 Å². The van der Waals surface area contributed by atoms with Gasteiger partial charge in [-0.25, -0.2) is 0 Å². The van der Waals surface area contributed by atoms with Gasteiger partial charge in [-0.15, -0.1) is 10.2 Å². The van der Waals surface area contributed by atoms with Crippen molar-refractivity contribution in [1.29, 1.82) is 0 Å². The SMILES string of the molecule is CCn1c(SCC(=O)NCCCc2ccccc2)nnc1-c1ccco1. The van der Waals surface area contributed by atoms with Crippen LogP contribution in [0.1, 0.15) is 18.9 Å². The summed E-state index contributed by atoms with van der Waals surface area (Å²) in [7, 11) is 0. The number of benzene rings is 1. The summed E-state index contributed by atoms with van der Waals surface area (Å²) in [6, 6.07) is 14.0. The van der Waals surface area contributed by atoms with Crippen molar-refractivity contribution in [3.8, 4) is 11.6 Å². The van der Waals surface area contributed by atoms with Gasteiger partial charge in [0.25, 0.3) is 0 Å². The molecule has 0 aliphatic rings. The van der Waals surface area contributed by atoms with Crippen molar-refractivity contribution in [3.63, 3.8) is 0 Å². The lowest BCUT2D eigenvalue weighted by Gasteiger charge is -2.07. The van der Waals surface area contributed by atoms with Gasteiger partial charge in [0.1, 0.15) is 0 Å². The Morgan fingerprint density at radius 2 is 2.04 bits per heavy atom. The maximum atomic E-state index is 12.1. The van der Waals surface area contributed by atoms with Crippen LogP contribution in [-0.2, 0) is 17.8 Å². The monoisotopic (exact) mass is 370 g/mol. The van der Waals surface area contributed by atoms with Crippen LogP contribution in [0.2, 0.25) is 0 Å². The average molecular weight is 370 g/mol. The quantitative estimate of drug-likeness (QED) is 0.462. The lowest BCUT2D eigenvalue weighted by atomic mass is 10.1. The van der Waals surface area contributed by atoms with Gasteiger partial charge in [-0.05, 0) is 37.5 Å². The topological polar surface area (TPSA) is 73.0 Å². The van der Waals surface area contributed by atoms with Crippen molar-refractivity contribution in [2.24, 2.45) is 0 Å². The summed E-state index contributed by atoms with van der Waals surface area (Å²) in [5, 5.41) is 12.0. The standard InChI is InChI=1S/C19H22N4O2S/c1-2-23-18(16-11-7-13-25-16)21-22-19(23)26-14-17(24)20-12-6-10-15-8-4-3-5-9-15/h3-5,7-9,11,13H,2,6,10,12,14H2,1H3,(H,20,24). The number of thioether (sulfide) groups is 1. The van der Waals surface area contributed by atoms with Crippen molar-refractivity contribution in [1.82, 2.24) is 20.1 Å². The highest BCUT2D eigenvalue weighted by Crippen LogP contribution is 2.23. The number of hydrogen-bond donors (Lipinski definition) is 1. The largest absolute Gasteiger partial charge is 0.461 e. The molecule has 0 unspecified atom stereocenters. The van der Waals surface area contributed by atoms with Gasteiger partial charge in [0.2, 0.25) is 5.91 Å². The molecule has 0 bridgehead atoms.